The Morgan fingerprint density at radius 2 is 1.81 bits per heavy atom. The first-order valence-corrected chi connectivity index (χ1v) is 7.53. The highest BCUT2D eigenvalue weighted by molar-refractivity contribution is 7.93. The van der Waals surface area contributed by atoms with Gasteiger partial charge in [0, 0.05) is 6.42 Å². The number of sulfone groups is 1. The first-order valence-electron chi connectivity index (χ1n) is 5.92. The Labute approximate surface area is 96.3 Å². The average molecular weight is 246 g/mol. The molecule has 0 aromatic rings. The third-order valence-electron chi connectivity index (χ3n) is 3.69. The monoisotopic (exact) mass is 246 g/mol. The molecular weight excluding hydrogens is 228 g/mol. The van der Waals surface area contributed by atoms with Crippen molar-refractivity contribution >= 4 is 15.8 Å². The molecule has 0 saturated carbocycles. The number of hydrogen-bond donors (Lipinski definition) is 0. The van der Waals surface area contributed by atoms with E-state index in [1.165, 1.54) is 0 Å². The van der Waals surface area contributed by atoms with E-state index in [1.54, 1.807) is 6.92 Å². The quantitative estimate of drug-likeness (QED) is 0.704. The summed E-state index contributed by atoms with van der Waals surface area (Å²) < 4.78 is 28.5. The van der Waals surface area contributed by atoms with E-state index in [1.807, 2.05) is 0 Å². The Bertz CT molecular complexity index is 353. The van der Waals surface area contributed by atoms with Crippen molar-refractivity contribution in [3.05, 3.63) is 0 Å². The molecule has 0 aromatic carbocycles. The largest absolute Gasteiger partial charge is 0.466 e. The first-order chi connectivity index (χ1) is 7.54. The molecule has 2 heterocycles. The molecule has 2 atom stereocenters. The van der Waals surface area contributed by atoms with Crippen molar-refractivity contribution in [1.29, 1.82) is 0 Å². The summed E-state index contributed by atoms with van der Waals surface area (Å²) in [7, 11) is -2.86. The second kappa shape index (κ2) is 4.35. The molecule has 0 N–H and O–H groups in total. The van der Waals surface area contributed by atoms with E-state index in [4.69, 9.17) is 4.74 Å². The van der Waals surface area contributed by atoms with Gasteiger partial charge in [-0.3, -0.25) is 4.79 Å². The number of hydrogen-bond acceptors (Lipinski definition) is 4. The second-order valence-corrected chi connectivity index (χ2v) is 7.27. The molecule has 0 aliphatic carbocycles. The Kier molecular flexibility index (Phi) is 3.24. The highest BCUT2D eigenvalue weighted by Crippen LogP contribution is 2.42. The molecule has 2 unspecified atom stereocenters. The van der Waals surface area contributed by atoms with E-state index in [0.29, 0.717) is 25.9 Å². The molecule has 2 aliphatic heterocycles. The fraction of sp³-hybridized carbons (Fsp3) is 0.909. The van der Waals surface area contributed by atoms with Crippen molar-refractivity contribution in [2.75, 3.05) is 6.61 Å². The third kappa shape index (κ3) is 2.10. The zero-order valence-corrected chi connectivity index (χ0v) is 10.3. The lowest BCUT2D eigenvalue weighted by Gasteiger charge is -2.27. The Morgan fingerprint density at radius 3 is 2.31 bits per heavy atom. The van der Waals surface area contributed by atoms with Gasteiger partial charge in [0.1, 0.15) is 0 Å². The van der Waals surface area contributed by atoms with Crippen molar-refractivity contribution in [2.45, 2.75) is 49.5 Å². The van der Waals surface area contributed by atoms with Crippen LogP contribution in [0.3, 0.4) is 0 Å². The van der Waals surface area contributed by atoms with Crippen LogP contribution in [0.25, 0.3) is 0 Å². The maximum absolute atomic E-state index is 11.8. The molecule has 2 aliphatic rings. The molecule has 5 heteroatoms. The van der Waals surface area contributed by atoms with Crippen molar-refractivity contribution in [3.63, 3.8) is 0 Å². The van der Waals surface area contributed by atoms with Crippen molar-refractivity contribution in [1.82, 2.24) is 0 Å². The predicted molar refractivity (Wildman–Crippen MR) is 59.7 cm³/mol. The topological polar surface area (TPSA) is 60.4 Å². The molecule has 2 fully saturated rings. The minimum atomic E-state index is -2.86. The molecule has 4 nitrogen and oxygen atoms in total. The normalized spacial score (nSPS) is 35.9. The van der Waals surface area contributed by atoms with Crippen LogP contribution >= 0.6 is 0 Å². The van der Waals surface area contributed by atoms with Gasteiger partial charge in [0.05, 0.1) is 17.1 Å². The summed E-state index contributed by atoms with van der Waals surface area (Å²) in [6, 6.07) is 0. The van der Waals surface area contributed by atoms with Crippen LogP contribution in [0.4, 0.5) is 0 Å². The highest BCUT2D eigenvalue weighted by Gasteiger charge is 2.47. The van der Waals surface area contributed by atoms with Crippen LogP contribution in [0.15, 0.2) is 0 Å². The lowest BCUT2D eigenvalue weighted by atomic mass is 9.96. The van der Waals surface area contributed by atoms with Crippen molar-refractivity contribution in [2.24, 2.45) is 5.92 Å². The van der Waals surface area contributed by atoms with E-state index < -0.39 is 9.84 Å². The van der Waals surface area contributed by atoms with Gasteiger partial charge in [-0.05, 0) is 38.5 Å². The minimum absolute atomic E-state index is 0.189. The standard InChI is InChI=1S/C11H18O4S/c1-2-15-11(12)7-8-5-9-3-4-10(6-8)16(9,13)14/h8-10H,2-7H2,1H3. The SMILES string of the molecule is CCOC(=O)CC1CC2CCC(C1)S2(=O)=O. The van der Waals surface area contributed by atoms with E-state index in [9.17, 15) is 13.2 Å². The summed E-state index contributed by atoms with van der Waals surface area (Å²) in [6.07, 6.45) is 3.25. The maximum Gasteiger partial charge on any atom is 0.306 e. The number of ether oxygens (including phenoxy) is 1. The molecule has 2 rings (SSSR count). The van der Waals surface area contributed by atoms with Gasteiger partial charge in [-0.2, -0.15) is 0 Å². The Hall–Kier alpha value is -0.580. The van der Waals surface area contributed by atoms with Gasteiger partial charge in [0.15, 0.2) is 9.84 Å². The zero-order valence-electron chi connectivity index (χ0n) is 9.52. The number of esters is 1. The fourth-order valence-corrected chi connectivity index (χ4v) is 5.49. The second-order valence-electron chi connectivity index (χ2n) is 4.76. The van der Waals surface area contributed by atoms with E-state index in [-0.39, 0.29) is 22.4 Å². The van der Waals surface area contributed by atoms with Gasteiger partial charge < -0.3 is 4.74 Å². The zero-order chi connectivity index (χ0) is 11.8. The summed E-state index contributed by atoms with van der Waals surface area (Å²) in [5.41, 5.74) is 0. The molecule has 0 amide bonds. The third-order valence-corrected chi connectivity index (χ3v) is 6.41. The van der Waals surface area contributed by atoms with Crippen LogP contribution in [0.2, 0.25) is 0 Å². The van der Waals surface area contributed by atoms with Crippen LogP contribution < -0.4 is 0 Å². The molecule has 16 heavy (non-hydrogen) atoms. The first kappa shape index (κ1) is 11.9. The predicted octanol–water partition coefficient (Wildman–Crippen LogP) is 1.30. The molecule has 0 radical (unpaired) electrons. The average Bonchev–Trinajstić information content (AvgIpc) is 2.40. The van der Waals surface area contributed by atoms with E-state index >= 15 is 0 Å². The van der Waals surface area contributed by atoms with Gasteiger partial charge in [-0.1, -0.05) is 0 Å². The molecule has 2 bridgehead atoms. The number of fused-ring (bicyclic) bond motifs is 2. The van der Waals surface area contributed by atoms with Crippen LogP contribution in [0, 0.1) is 5.92 Å². The molecule has 0 spiro atoms. The number of rotatable bonds is 3. The molecule has 2 saturated heterocycles. The lowest BCUT2D eigenvalue weighted by molar-refractivity contribution is -0.144. The Morgan fingerprint density at radius 1 is 1.25 bits per heavy atom. The van der Waals surface area contributed by atoms with Gasteiger partial charge in [0.2, 0.25) is 0 Å². The molecular formula is C11H18O4S. The van der Waals surface area contributed by atoms with Gasteiger partial charge in [-0.15, -0.1) is 0 Å². The van der Waals surface area contributed by atoms with E-state index in [2.05, 4.69) is 0 Å². The van der Waals surface area contributed by atoms with E-state index in [0.717, 1.165) is 12.8 Å². The summed E-state index contributed by atoms with van der Waals surface area (Å²) in [5.74, 6) is 0.0197. The van der Waals surface area contributed by atoms with Gasteiger partial charge in [-0.25, -0.2) is 8.42 Å². The smallest absolute Gasteiger partial charge is 0.306 e. The van der Waals surface area contributed by atoms with Gasteiger partial charge >= 0.3 is 5.97 Å². The van der Waals surface area contributed by atoms with Gasteiger partial charge in [0.25, 0.3) is 0 Å². The Balaban J connectivity index is 1.96. The van der Waals surface area contributed by atoms with Crippen LogP contribution in [-0.4, -0.2) is 31.5 Å². The summed E-state index contributed by atoms with van der Waals surface area (Å²) in [6.45, 7) is 2.18. The molecule has 92 valence electrons. The van der Waals surface area contributed by atoms with Crippen LogP contribution in [-0.2, 0) is 19.4 Å². The number of carbonyl (C=O) groups excluding carboxylic acids is 1. The highest BCUT2D eigenvalue weighted by atomic mass is 32.2. The number of carbonyl (C=O) groups is 1. The summed E-state index contributed by atoms with van der Waals surface area (Å²) in [4.78, 5) is 11.3. The minimum Gasteiger partial charge on any atom is -0.466 e. The fourth-order valence-electron chi connectivity index (χ4n) is 2.94. The summed E-state index contributed by atoms with van der Waals surface area (Å²) >= 11 is 0. The lowest BCUT2D eigenvalue weighted by Crippen LogP contribution is -2.33. The summed E-state index contributed by atoms with van der Waals surface area (Å²) in [5, 5.41) is -0.378. The molecule has 0 aromatic heterocycles. The van der Waals surface area contributed by atoms with Crippen LogP contribution in [0.1, 0.15) is 39.0 Å². The van der Waals surface area contributed by atoms with Crippen LogP contribution in [0.5, 0.6) is 0 Å². The maximum atomic E-state index is 11.8. The van der Waals surface area contributed by atoms with Crippen molar-refractivity contribution < 1.29 is 17.9 Å². The van der Waals surface area contributed by atoms with Crippen molar-refractivity contribution in [3.8, 4) is 0 Å².